The molecule has 0 fully saturated rings. The molecule has 0 bridgehead atoms. The number of hydrogen-bond acceptors (Lipinski definition) is 1. The van der Waals surface area contributed by atoms with Crippen LogP contribution < -0.4 is 0 Å². The highest BCUT2D eigenvalue weighted by atomic mass is 16.4. The Bertz CT molecular complexity index is 335. The fourth-order valence-corrected chi connectivity index (χ4v) is 3.83. The standard InChI is InChI=1S/C26H50O2/c1-2-3-4-5-6-7-8-9-10-11-12-13-14-15-16-17-18-19-20-21-22-23-24-25-26(27)28/h3-4H,2,5-25H2,1H3,(H,27,28). The lowest BCUT2D eigenvalue weighted by molar-refractivity contribution is -0.137. The molecular weight excluding hydrogens is 344 g/mol. The Morgan fingerprint density at radius 1 is 0.536 bits per heavy atom. The van der Waals surface area contributed by atoms with Crippen LogP contribution in [-0.4, -0.2) is 11.1 Å². The molecule has 0 aliphatic heterocycles. The summed E-state index contributed by atoms with van der Waals surface area (Å²) in [6.45, 7) is 2.20. The molecule has 28 heavy (non-hydrogen) atoms. The molecule has 1 N–H and O–H groups in total. The van der Waals surface area contributed by atoms with Gasteiger partial charge in [0.05, 0.1) is 0 Å². The van der Waals surface area contributed by atoms with Gasteiger partial charge in [-0.05, 0) is 25.7 Å². The number of carbonyl (C=O) groups is 1. The summed E-state index contributed by atoms with van der Waals surface area (Å²) in [4.78, 5) is 10.4. The van der Waals surface area contributed by atoms with Gasteiger partial charge in [0.1, 0.15) is 0 Å². The fraction of sp³-hybridized carbons (Fsp3) is 0.885. The molecule has 2 heteroatoms. The SMILES string of the molecule is CCC=CCCCCCCCCCCCCCCCCCCCCCC(=O)O. The summed E-state index contributed by atoms with van der Waals surface area (Å²) < 4.78 is 0. The number of allylic oxidation sites excluding steroid dienone is 2. The van der Waals surface area contributed by atoms with Gasteiger partial charge in [0.15, 0.2) is 0 Å². The van der Waals surface area contributed by atoms with E-state index in [1.54, 1.807) is 0 Å². The topological polar surface area (TPSA) is 37.3 Å². The Morgan fingerprint density at radius 3 is 1.18 bits per heavy atom. The number of carboxylic acid groups (broad SMARTS) is 1. The van der Waals surface area contributed by atoms with Crippen molar-refractivity contribution in [3.8, 4) is 0 Å². The third-order valence-electron chi connectivity index (χ3n) is 5.66. The quantitative estimate of drug-likeness (QED) is 0.138. The first-order valence-corrected chi connectivity index (χ1v) is 12.6. The smallest absolute Gasteiger partial charge is 0.303 e. The molecule has 0 aromatic heterocycles. The van der Waals surface area contributed by atoms with Gasteiger partial charge in [0.25, 0.3) is 0 Å². The molecule has 0 aromatic rings. The van der Waals surface area contributed by atoms with E-state index < -0.39 is 5.97 Å². The molecule has 0 atom stereocenters. The van der Waals surface area contributed by atoms with Crippen LogP contribution in [0.3, 0.4) is 0 Å². The average molecular weight is 395 g/mol. The fourth-order valence-electron chi connectivity index (χ4n) is 3.83. The highest BCUT2D eigenvalue weighted by Crippen LogP contribution is 2.15. The van der Waals surface area contributed by atoms with Crippen molar-refractivity contribution in [2.24, 2.45) is 0 Å². The molecule has 0 heterocycles. The Kier molecular flexibility index (Phi) is 23.6. The lowest BCUT2D eigenvalue weighted by Crippen LogP contribution is -1.93. The van der Waals surface area contributed by atoms with Crippen LogP contribution in [0.15, 0.2) is 12.2 Å². The largest absolute Gasteiger partial charge is 0.481 e. The minimum absolute atomic E-state index is 0.344. The molecular formula is C26H50O2. The molecule has 0 rings (SSSR count). The molecule has 0 radical (unpaired) electrons. The van der Waals surface area contributed by atoms with Crippen LogP contribution in [0.1, 0.15) is 148 Å². The summed E-state index contributed by atoms with van der Waals surface area (Å²) in [5, 5.41) is 8.58. The second-order valence-corrected chi connectivity index (χ2v) is 8.53. The minimum atomic E-state index is -0.651. The van der Waals surface area contributed by atoms with Crippen LogP contribution in [0.25, 0.3) is 0 Å². The highest BCUT2D eigenvalue weighted by molar-refractivity contribution is 5.66. The van der Waals surface area contributed by atoms with Gasteiger partial charge in [-0.3, -0.25) is 4.79 Å². The Balaban J connectivity index is 3.01. The molecule has 166 valence electrons. The van der Waals surface area contributed by atoms with E-state index in [2.05, 4.69) is 19.1 Å². The predicted octanol–water partition coefficient (Wildman–Crippen LogP) is 9.23. The van der Waals surface area contributed by atoms with Gasteiger partial charge < -0.3 is 5.11 Å². The van der Waals surface area contributed by atoms with Crippen molar-refractivity contribution in [1.82, 2.24) is 0 Å². The summed E-state index contributed by atoms with van der Waals surface area (Å²) in [6, 6.07) is 0. The van der Waals surface area contributed by atoms with Crippen LogP contribution in [0.4, 0.5) is 0 Å². The Hall–Kier alpha value is -0.790. The van der Waals surface area contributed by atoms with E-state index in [1.165, 1.54) is 122 Å². The van der Waals surface area contributed by atoms with E-state index in [4.69, 9.17) is 5.11 Å². The molecule has 0 aromatic carbocycles. The van der Waals surface area contributed by atoms with Gasteiger partial charge in [-0.2, -0.15) is 0 Å². The van der Waals surface area contributed by atoms with Crippen molar-refractivity contribution in [3.05, 3.63) is 12.2 Å². The molecule has 2 nitrogen and oxygen atoms in total. The minimum Gasteiger partial charge on any atom is -0.481 e. The molecule has 0 amide bonds. The van der Waals surface area contributed by atoms with Crippen molar-refractivity contribution in [2.75, 3.05) is 0 Å². The Morgan fingerprint density at radius 2 is 0.857 bits per heavy atom. The summed E-state index contributed by atoms with van der Waals surface area (Å²) in [6.07, 6.45) is 33.1. The average Bonchev–Trinajstić information content (AvgIpc) is 2.68. The zero-order chi connectivity index (χ0) is 20.5. The second kappa shape index (κ2) is 24.2. The molecule has 0 aliphatic carbocycles. The zero-order valence-corrected chi connectivity index (χ0v) is 19.1. The normalized spacial score (nSPS) is 11.5. The summed E-state index contributed by atoms with van der Waals surface area (Å²) in [5.41, 5.74) is 0. The van der Waals surface area contributed by atoms with E-state index in [9.17, 15) is 4.79 Å². The van der Waals surface area contributed by atoms with E-state index in [0.29, 0.717) is 6.42 Å². The lowest BCUT2D eigenvalue weighted by atomic mass is 10.0. The Labute approximate surface area is 176 Å². The summed E-state index contributed by atoms with van der Waals surface area (Å²) in [7, 11) is 0. The first-order chi connectivity index (χ1) is 13.8. The van der Waals surface area contributed by atoms with Crippen molar-refractivity contribution in [2.45, 2.75) is 148 Å². The van der Waals surface area contributed by atoms with Crippen LogP contribution in [0.5, 0.6) is 0 Å². The number of aliphatic carboxylic acids is 1. The molecule has 0 saturated heterocycles. The van der Waals surface area contributed by atoms with Crippen molar-refractivity contribution in [1.29, 1.82) is 0 Å². The highest BCUT2D eigenvalue weighted by Gasteiger charge is 1.97. The molecule has 0 aliphatic rings. The second-order valence-electron chi connectivity index (χ2n) is 8.53. The molecule has 0 saturated carbocycles. The van der Waals surface area contributed by atoms with E-state index >= 15 is 0 Å². The summed E-state index contributed by atoms with van der Waals surface area (Å²) >= 11 is 0. The molecule has 0 spiro atoms. The van der Waals surface area contributed by atoms with Gasteiger partial charge >= 0.3 is 5.97 Å². The van der Waals surface area contributed by atoms with Crippen molar-refractivity contribution < 1.29 is 9.90 Å². The third kappa shape index (κ3) is 25.2. The first kappa shape index (κ1) is 27.2. The van der Waals surface area contributed by atoms with Crippen LogP contribution in [0, 0.1) is 0 Å². The summed E-state index contributed by atoms with van der Waals surface area (Å²) in [5.74, 6) is -0.651. The van der Waals surface area contributed by atoms with Gasteiger partial charge in [-0.15, -0.1) is 0 Å². The van der Waals surface area contributed by atoms with E-state index in [-0.39, 0.29) is 0 Å². The maximum absolute atomic E-state index is 10.4. The van der Waals surface area contributed by atoms with E-state index in [1.807, 2.05) is 0 Å². The lowest BCUT2D eigenvalue weighted by Gasteiger charge is -2.04. The van der Waals surface area contributed by atoms with Gasteiger partial charge in [0, 0.05) is 6.42 Å². The predicted molar refractivity (Wildman–Crippen MR) is 124 cm³/mol. The van der Waals surface area contributed by atoms with Gasteiger partial charge in [-0.1, -0.05) is 128 Å². The van der Waals surface area contributed by atoms with Gasteiger partial charge in [-0.25, -0.2) is 0 Å². The zero-order valence-electron chi connectivity index (χ0n) is 19.1. The monoisotopic (exact) mass is 394 g/mol. The number of carboxylic acids is 1. The van der Waals surface area contributed by atoms with Crippen LogP contribution >= 0.6 is 0 Å². The van der Waals surface area contributed by atoms with Gasteiger partial charge in [0.2, 0.25) is 0 Å². The van der Waals surface area contributed by atoms with Crippen molar-refractivity contribution in [3.63, 3.8) is 0 Å². The number of unbranched alkanes of at least 4 members (excludes halogenated alkanes) is 19. The number of hydrogen-bond donors (Lipinski definition) is 1. The van der Waals surface area contributed by atoms with E-state index in [0.717, 1.165) is 12.8 Å². The van der Waals surface area contributed by atoms with Crippen LogP contribution in [0.2, 0.25) is 0 Å². The third-order valence-corrected chi connectivity index (χ3v) is 5.66. The first-order valence-electron chi connectivity index (χ1n) is 12.6. The van der Waals surface area contributed by atoms with Crippen molar-refractivity contribution >= 4 is 5.97 Å². The maximum atomic E-state index is 10.4. The van der Waals surface area contributed by atoms with Crippen LogP contribution in [-0.2, 0) is 4.79 Å². The molecule has 0 unspecified atom stereocenters. The number of rotatable bonds is 23. The maximum Gasteiger partial charge on any atom is 0.303 e.